The van der Waals surface area contributed by atoms with E-state index in [2.05, 4.69) is 5.32 Å². The van der Waals surface area contributed by atoms with Gasteiger partial charge in [-0.1, -0.05) is 56.5 Å². The number of ether oxygens (including phenoxy) is 1. The highest BCUT2D eigenvalue weighted by Crippen LogP contribution is 2.23. The molecule has 2 amide bonds. The first-order valence-corrected chi connectivity index (χ1v) is 14.5. The van der Waals surface area contributed by atoms with Crippen LogP contribution in [0, 0.1) is 0 Å². The fourth-order valence-electron chi connectivity index (χ4n) is 4.70. The van der Waals surface area contributed by atoms with Gasteiger partial charge in [0, 0.05) is 26.7 Å². The molecule has 0 radical (unpaired) electrons. The molecule has 0 heterocycles. The van der Waals surface area contributed by atoms with E-state index in [9.17, 15) is 18.0 Å². The Hall–Kier alpha value is -3.11. The summed E-state index contributed by atoms with van der Waals surface area (Å²) in [4.78, 5) is 28.9. The van der Waals surface area contributed by atoms with E-state index in [0.717, 1.165) is 39.9 Å². The molecule has 2 aromatic carbocycles. The molecule has 3 rings (SSSR count). The predicted octanol–water partition coefficient (Wildman–Crippen LogP) is 3.56. The number of benzene rings is 2. The van der Waals surface area contributed by atoms with E-state index in [-0.39, 0.29) is 18.5 Å². The van der Waals surface area contributed by atoms with Crippen LogP contribution in [-0.4, -0.2) is 69.3 Å². The van der Waals surface area contributed by atoms with Gasteiger partial charge in [-0.15, -0.1) is 0 Å². The summed E-state index contributed by atoms with van der Waals surface area (Å²) >= 11 is 0. The predicted molar refractivity (Wildman–Crippen MR) is 149 cm³/mol. The van der Waals surface area contributed by atoms with Gasteiger partial charge in [-0.3, -0.25) is 9.59 Å². The zero-order valence-corrected chi connectivity index (χ0v) is 23.6. The Kier molecular flexibility index (Phi) is 10.6. The number of hydrogen-bond donors (Lipinski definition) is 1. The maximum atomic E-state index is 13.9. The lowest BCUT2D eigenvalue weighted by Gasteiger charge is -2.35. The van der Waals surface area contributed by atoms with E-state index < -0.39 is 28.7 Å². The van der Waals surface area contributed by atoms with Crippen LogP contribution < -0.4 is 14.4 Å². The molecular formula is C28H40N4O5S. The van der Waals surface area contributed by atoms with Crippen molar-refractivity contribution in [1.29, 1.82) is 0 Å². The normalized spacial score (nSPS) is 15.1. The third-order valence-corrected chi connectivity index (χ3v) is 8.73. The van der Waals surface area contributed by atoms with Gasteiger partial charge in [0.25, 0.3) is 0 Å². The number of anilines is 1. The smallest absolute Gasteiger partial charge is 0.304 e. The highest BCUT2D eigenvalue weighted by Gasteiger charge is 2.34. The summed E-state index contributed by atoms with van der Waals surface area (Å²) in [5.74, 6) is 0.0183. The number of para-hydroxylation sites is 1. The van der Waals surface area contributed by atoms with Crippen LogP contribution in [0.1, 0.15) is 51.0 Å². The molecule has 2 aromatic rings. The second-order valence-corrected chi connectivity index (χ2v) is 11.8. The highest BCUT2D eigenvalue weighted by atomic mass is 32.2. The van der Waals surface area contributed by atoms with Gasteiger partial charge >= 0.3 is 10.2 Å². The average Bonchev–Trinajstić information content (AvgIpc) is 2.92. The van der Waals surface area contributed by atoms with Gasteiger partial charge in [-0.2, -0.15) is 12.7 Å². The fourth-order valence-corrected chi connectivity index (χ4v) is 5.76. The van der Waals surface area contributed by atoms with Crippen molar-refractivity contribution >= 4 is 27.7 Å². The molecule has 0 aliphatic heterocycles. The molecule has 38 heavy (non-hydrogen) atoms. The monoisotopic (exact) mass is 544 g/mol. The van der Waals surface area contributed by atoms with Crippen LogP contribution in [0.3, 0.4) is 0 Å². The van der Waals surface area contributed by atoms with E-state index >= 15 is 0 Å². The minimum absolute atomic E-state index is 0.0955. The molecule has 9 nitrogen and oxygen atoms in total. The zero-order valence-electron chi connectivity index (χ0n) is 22.8. The Labute approximate surface area is 226 Å². The molecule has 0 bridgehead atoms. The topological polar surface area (TPSA) is 99.3 Å². The van der Waals surface area contributed by atoms with Crippen molar-refractivity contribution in [3.63, 3.8) is 0 Å². The quantitative estimate of drug-likeness (QED) is 0.441. The summed E-state index contributed by atoms with van der Waals surface area (Å²) in [5.41, 5.74) is 1.18. The summed E-state index contributed by atoms with van der Waals surface area (Å²) in [6, 6.07) is 15.2. The van der Waals surface area contributed by atoms with E-state index in [0.29, 0.717) is 17.9 Å². The number of carbonyl (C=O) groups is 2. The molecule has 0 unspecified atom stereocenters. The summed E-state index contributed by atoms with van der Waals surface area (Å²) < 4.78 is 33.9. The van der Waals surface area contributed by atoms with Crippen LogP contribution in [0.25, 0.3) is 0 Å². The largest absolute Gasteiger partial charge is 0.497 e. The molecule has 1 aliphatic rings. The minimum Gasteiger partial charge on any atom is -0.497 e. The molecule has 208 valence electrons. The van der Waals surface area contributed by atoms with Crippen molar-refractivity contribution in [2.75, 3.05) is 32.1 Å². The SMILES string of the molecule is CC[C@H](C(=O)NC1CCCCC1)N(Cc1ccc(OC)cc1)C(=O)CN(c1ccccc1)S(=O)(=O)N(C)C. The molecule has 1 N–H and O–H groups in total. The number of rotatable bonds is 12. The molecule has 0 spiro atoms. The summed E-state index contributed by atoms with van der Waals surface area (Å²) in [6.07, 6.45) is 5.57. The van der Waals surface area contributed by atoms with Crippen LogP contribution in [0.15, 0.2) is 54.6 Å². The lowest BCUT2D eigenvalue weighted by molar-refractivity contribution is -0.140. The van der Waals surface area contributed by atoms with E-state index in [4.69, 9.17) is 4.74 Å². The number of carbonyl (C=O) groups excluding carboxylic acids is 2. The van der Waals surface area contributed by atoms with Gasteiger partial charge in [0.05, 0.1) is 12.8 Å². The van der Waals surface area contributed by atoms with Crippen LogP contribution >= 0.6 is 0 Å². The molecule has 1 aliphatic carbocycles. The van der Waals surface area contributed by atoms with Crippen molar-refractivity contribution in [3.05, 3.63) is 60.2 Å². The second kappa shape index (κ2) is 13.6. The maximum Gasteiger partial charge on any atom is 0.304 e. The van der Waals surface area contributed by atoms with Gasteiger partial charge in [-0.25, -0.2) is 4.31 Å². The fraction of sp³-hybridized carbons (Fsp3) is 0.500. The number of methoxy groups -OCH3 is 1. The van der Waals surface area contributed by atoms with Gasteiger partial charge < -0.3 is 15.0 Å². The van der Waals surface area contributed by atoms with Crippen molar-refractivity contribution < 1.29 is 22.7 Å². The Bertz CT molecular complexity index is 1150. The van der Waals surface area contributed by atoms with Crippen molar-refractivity contribution in [3.8, 4) is 5.75 Å². The number of amides is 2. The number of nitrogens with zero attached hydrogens (tertiary/aromatic N) is 3. The summed E-state index contributed by atoms with van der Waals surface area (Å²) in [6.45, 7) is 1.59. The second-order valence-electron chi connectivity index (χ2n) is 9.77. The first-order valence-electron chi connectivity index (χ1n) is 13.1. The van der Waals surface area contributed by atoms with E-state index in [1.54, 1.807) is 49.6 Å². The Balaban J connectivity index is 1.93. The van der Waals surface area contributed by atoms with Crippen LogP contribution in [0.2, 0.25) is 0 Å². The van der Waals surface area contributed by atoms with Crippen molar-refractivity contribution in [2.45, 2.75) is 64.1 Å². The van der Waals surface area contributed by atoms with Gasteiger partial charge in [-0.05, 0) is 49.1 Å². The molecule has 0 saturated heterocycles. The maximum absolute atomic E-state index is 13.9. The highest BCUT2D eigenvalue weighted by molar-refractivity contribution is 7.90. The summed E-state index contributed by atoms with van der Waals surface area (Å²) in [7, 11) is 0.460. The molecule has 1 saturated carbocycles. The lowest BCUT2D eigenvalue weighted by Crippen LogP contribution is -2.54. The zero-order chi connectivity index (χ0) is 27.7. The Morgan fingerprint density at radius 3 is 2.18 bits per heavy atom. The standard InChI is InChI=1S/C28H40N4O5S/c1-5-26(28(34)29-23-12-8-6-9-13-23)31(20-22-16-18-25(37-4)19-17-22)27(33)21-32(38(35,36)30(2)3)24-14-10-7-11-15-24/h7,10-11,14-19,23,26H,5-6,8-9,12-13,20-21H2,1-4H3,(H,29,34)/t26-/m1/s1. The number of nitrogens with one attached hydrogen (secondary N) is 1. The van der Waals surface area contributed by atoms with Gasteiger partial charge in [0.15, 0.2) is 0 Å². The molecular weight excluding hydrogens is 504 g/mol. The van der Waals surface area contributed by atoms with Crippen LogP contribution in [0.5, 0.6) is 5.75 Å². The molecule has 0 aromatic heterocycles. The van der Waals surface area contributed by atoms with E-state index in [1.165, 1.54) is 25.4 Å². The Morgan fingerprint density at radius 2 is 1.63 bits per heavy atom. The van der Waals surface area contributed by atoms with Gasteiger partial charge in [0.1, 0.15) is 18.3 Å². The van der Waals surface area contributed by atoms with Crippen molar-refractivity contribution in [1.82, 2.24) is 14.5 Å². The molecule has 10 heteroatoms. The van der Waals surface area contributed by atoms with Crippen LogP contribution in [-0.2, 0) is 26.3 Å². The van der Waals surface area contributed by atoms with E-state index in [1.807, 2.05) is 19.1 Å². The first-order chi connectivity index (χ1) is 18.2. The summed E-state index contributed by atoms with van der Waals surface area (Å²) in [5, 5.41) is 3.15. The van der Waals surface area contributed by atoms with Gasteiger partial charge in [0.2, 0.25) is 11.8 Å². The third-order valence-electron chi connectivity index (χ3n) is 6.91. The Morgan fingerprint density at radius 1 is 1.00 bits per heavy atom. The first kappa shape index (κ1) is 29.4. The van der Waals surface area contributed by atoms with Crippen LogP contribution in [0.4, 0.5) is 5.69 Å². The lowest BCUT2D eigenvalue weighted by atomic mass is 9.95. The molecule has 1 atom stereocenters. The third kappa shape index (κ3) is 7.48. The minimum atomic E-state index is -3.98. The molecule has 1 fully saturated rings. The number of hydrogen-bond acceptors (Lipinski definition) is 5. The van der Waals surface area contributed by atoms with Crippen molar-refractivity contribution in [2.24, 2.45) is 0 Å². The average molecular weight is 545 g/mol.